The molecule has 1 aromatic carbocycles. The van der Waals surface area contributed by atoms with Crippen LogP contribution in [0.5, 0.6) is 0 Å². The van der Waals surface area contributed by atoms with E-state index in [4.69, 9.17) is 5.73 Å². The van der Waals surface area contributed by atoms with Crippen LogP contribution in [0.1, 0.15) is 30.8 Å². The lowest BCUT2D eigenvalue weighted by Crippen LogP contribution is -2.12. The van der Waals surface area contributed by atoms with Gasteiger partial charge in [-0.2, -0.15) is 0 Å². The smallest absolute Gasteiger partial charge is 0.159 e. The topological polar surface area (TPSA) is 51.8 Å². The fraction of sp³-hybridized carbons (Fsp3) is 0.375. The van der Waals surface area contributed by atoms with E-state index in [9.17, 15) is 4.39 Å². The quantitative estimate of drug-likeness (QED) is 0.893. The Hall–Kier alpha value is -1.33. The zero-order valence-electron chi connectivity index (χ0n) is 12.3. The number of halogens is 2. The normalized spacial score (nSPS) is 10.9. The zero-order valence-corrected chi connectivity index (χ0v) is 13.9. The summed E-state index contributed by atoms with van der Waals surface area (Å²) in [4.78, 5) is 9.30. The Bertz CT molecular complexity index is 618. The van der Waals surface area contributed by atoms with Gasteiger partial charge in [0, 0.05) is 17.0 Å². The van der Waals surface area contributed by atoms with Crippen LogP contribution in [0.3, 0.4) is 0 Å². The second kappa shape index (κ2) is 7.09. The van der Waals surface area contributed by atoms with Gasteiger partial charge in [0.25, 0.3) is 0 Å². The highest BCUT2D eigenvalue weighted by Gasteiger charge is 2.13. The lowest BCUT2D eigenvalue weighted by atomic mass is 10.0. The van der Waals surface area contributed by atoms with E-state index in [1.807, 2.05) is 0 Å². The fourth-order valence-corrected chi connectivity index (χ4v) is 2.74. The molecule has 112 valence electrons. The Balaban J connectivity index is 2.56. The molecule has 0 atom stereocenters. The summed E-state index contributed by atoms with van der Waals surface area (Å²) in [7, 11) is 0. The van der Waals surface area contributed by atoms with E-state index in [0.717, 1.165) is 41.8 Å². The SMILES string of the molecule is CCc1nc(-c2ccc(F)c(Br)c2)nc(CC)c1CCN. The van der Waals surface area contributed by atoms with Crippen molar-refractivity contribution in [3.05, 3.63) is 45.4 Å². The van der Waals surface area contributed by atoms with Crippen LogP contribution < -0.4 is 5.73 Å². The molecule has 0 spiro atoms. The van der Waals surface area contributed by atoms with Crippen molar-refractivity contribution in [3.63, 3.8) is 0 Å². The van der Waals surface area contributed by atoms with Gasteiger partial charge in [0.05, 0.1) is 4.47 Å². The molecule has 5 heteroatoms. The second-order valence-electron chi connectivity index (χ2n) is 4.79. The number of nitrogens with zero attached hydrogens (tertiary/aromatic N) is 2. The third kappa shape index (κ3) is 3.47. The Labute approximate surface area is 132 Å². The highest BCUT2D eigenvalue weighted by molar-refractivity contribution is 9.10. The summed E-state index contributed by atoms with van der Waals surface area (Å²) in [5.41, 5.74) is 9.72. The van der Waals surface area contributed by atoms with Gasteiger partial charge < -0.3 is 5.73 Å². The number of hydrogen-bond donors (Lipinski definition) is 1. The molecule has 0 aliphatic rings. The van der Waals surface area contributed by atoms with E-state index in [0.29, 0.717) is 16.8 Å². The van der Waals surface area contributed by atoms with Gasteiger partial charge in [-0.05, 0) is 65.5 Å². The summed E-state index contributed by atoms with van der Waals surface area (Å²) >= 11 is 3.21. The van der Waals surface area contributed by atoms with E-state index in [-0.39, 0.29) is 5.82 Å². The van der Waals surface area contributed by atoms with Gasteiger partial charge >= 0.3 is 0 Å². The molecule has 2 rings (SSSR count). The summed E-state index contributed by atoms with van der Waals surface area (Å²) in [5.74, 6) is 0.357. The molecule has 0 saturated carbocycles. The average Bonchev–Trinajstić information content (AvgIpc) is 2.50. The predicted octanol–water partition coefficient (Wildman–Crippen LogP) is 3.67. The number of benzene rings is 1. The minimum absolute atomic E-state index is 0.287. The van der Waals surface area contributed by atoms with Crippen LogP contribution in [0, 0.1) is 5.82 Å². The van der Waals surface area contributed by atoms with Crippen molar-refractivity contribution < 1.29 is 4.39 Å². The van der Waals surface area contributed by atoms with Crippen molar-refractivity contribution in [1.82, 2.24) is 9.97 Å². The molecule has 0 saturated heterocycles. The highest BCUT2D eigenvalue weighted by Crippen LogP contribution is 2.25. The molecule has 0 amide bonds. The van der Waals surface area contributed by atoms with Crippen LogP contribution in [0.4, 0.5) is 4.39 Å². The molecule has 1 heterocycles. The molecular formula is C16H19BrFN3. The van der Waals surface area contributed by atoms with Gasteiger partial charge in [-0.3, -0.25) is 0 Å². The number of aryl methyl sites for hydroxylation is 2. The zero-order chi connectivity index (χ0) is 15.4. The Morgan fingerprint density at radius 2 is 1.76 bits per heavy atom. The van der Waals surface area contributed by atoms with Crippen LogP contribution in [-0.2, 0) is 19.3 Å². The van der Waals surface area contributed by atoms with Crippen LogP contribution in [0.25, 0.3) is 11.4 Å². The molecule has 2 N–H and O–H groups in total. The first kappa shape index (κ1) is 16.0. The van der Waals surface area contributed by atoms with Gasteiger partial charge in [0.15, 0.2) is 5.82 Å². The number of aromatic nitrogens is 2. The molecule has 0 radical (unpaired) electrons. The lowest BCUT2D eigenvalue weighted by Gasteiger charge is -2.13. The average molecular weight is 352 g/mol. The summed E-state index contributed by atoms with van der Waals surface area (Å²) in [5, 5.41) is 0. The van der Waals surface area contributed by atoms with Crippen LogP contribution in [-0.4, -0.2) is 16.5 Å². The fourth-order valence-electron chi connectivity index (χ4n) is 2.36. The first-order chi connectivity index (χ1) is 10.1. The molecule has 3 nitrogen and oxygen atoms in total. The molecule has 0 aliphatic heterocycles. The first-order valence-corrected chi connectivity index (χ1v) is 7.94. The lowest BCUT2D eigenvalue weighted by molar-refractivity contribution is 0.621. The Morgan fingerprint density at radius 3 is 2.24 bits per heavy atom. The summed E-state index contributed by atoms with van der Waals surface area (Å²) in [6.45, 7) is 4.74. The van der Waals surface area contributed by atoms with Crippen molar-refractivity contribution in [2.75, 3.05) is 6.54 Å². The molecule has 2 aromatic rings. The minimum Gasteiger partial charge on any atom is -0.330 e. The highest BCUT2D eigenvalue weighted by atomic mass is 79.9. The maximum Gasteiger partial charge on any atom is 0.159 e. The van der Waals surface area contributed by atoms with Crippen LogP contribution in [0.15, 0.2) is 22.7 Å². The van der Waals surface area contributed by atoms with Gasteiger partial charge in [-0.25, -0.2) is 14.4 Å². The third-order valence-electron chi connectivity index (χ3n) is 3.42. The molecule has 0 unspecified atom stereocenters. The summed E-state index contributed by atoms with van der Waals surface area (Å²) in [6, 6.07) is 4.84. The maximum atomic E-state index is 13.4. The molecule has 0 aliphatic carbocycles. The summed E-state index contributed by atoms with van der Waals surface area (Å²) < 4.78 is 13.8. The van der Waals surface area contributed by atoms with Crippen molar-refractivity contribution in [2.24, 2.45) is 5.73 Å². The van der Waals surface area contributed by atoms with Crippen molar-refractivity contribution in [1.29, 1.82) is 0 Å². The van der Waals surface area contributed by atoms with Crippen molar-refractivity contribution in [2.45, 2.75) is 33.1 Å². The van der Waals surface area contributed by atoms with Gasteiger partial charge in [-0.1, -0.05) is 13.8 Å². The van der Waals surface area contributed by atoms with Gasteiger partial charge in [0.1, 0.15) is 5.82 Å². The van der Waals surface area contributed by atoms with Crippen molar-refractivity contribution in [3.8, 4) is 11.4 Å². The molecule has 21 heavy (non-hydrogen) atoms. The number of hydrogen-bond acceptors (Lipinski definition) is 3. The monoisotopic (exact) mass is 351 g/mol. The Kier molecular flexibility index (Phi) is 5.42. The maximum absolute atomic E-state index is 13.4. The molecule has 1 aromatic heterocycles. The first-order valence-electron chi connectivity index (χ1n) is 7.14. The standard InChI is InChI=1S/C16H19BrFN3/c1-3-14-11(7-8-19)15(4-2)21-16(20-14)10-5-6-13(18)12(17)9-10/h5-6,9H,3-4,7-8,19H2,1-2H3. The molecule has 0 fully saturated rings. The Morgan fingerprint density at radius 1 is 1.14 bits per heavy atom. The van der Waals surface area contributed by atoms with Crippen LogP contribution in [0.2, 0.25) is 0 Å². The van der Waals surface area contributed by atoms with Crippen LogP contribution >= 0.6 is 15.9 Å². The van der Waals surface area contributed by atoms with E-state index in [1.54, 1.807) is 12.1 Å². The van der Waals surface area contributed by atoms with E-state index < -0.39 is 0 Å². The van der Waals surface area contributed by atoms with Crippen molar-refractivity contribution >= 4 is 15.9 Å². The molecule has 0 bridgehead atoms. The predicted molar refractivity (Wildman–Crippen MR) is 86.6 cm³/mol. The molecular weight excluding hydrogens is 333 g/mol. The minimum atomic E-state index is -0.287. The third-order valence-corrected chi connectivity index (χ3v) is 4.03. The number of rotatable bonds is 5. The van der Waals surface area contributed by atoms with E-state index in [1.165, 1.54) is 6.07 Å². The number of nitrogens with two attached hydrogens (primary N) is 1. The van der Waals surface area contributed by atoms with E-state index >= 15 is 0 Å². The summed E-state index contributed by atoms with van der Waals surface area (Å²) in [6.07, 6.45) is 2.46. The largest absolute Gasteiger partial charge is 0.330 e. The van der Waals surface area contributed by atoms with E-state index in [2.05, 4.69) is 39.7 Å². The van der Waals surface area contributed by atoms with Gasteiger partial charge in [-0.15, -0.1) is 0 Å². The van der Waals surface area contributed by atoms with Gasteiger partial charge in [0.2, 0.25) is 0 Å². The second-order valence-corrected chi connectivity index (χ2v) is 5.65.